The summed E-state index contributed by atoms with van der Waals surface area (Å²) >= 11 is 0. The van der Waals surface area contributed by atoms with Crippen molar-refractivity contribution in [2.75, 3.05) is 24.1 Å². The van der Waals surface area contributed by atoms with Gasteiger partial charge in [0.1, 0.15) is 5.82 Å². The molecule has 3 amide bonds. The Balaban J connectivity index is 2.64. The van der Waals surface area contributed by atoms with E-state index in [2.05, 4.69) is 15.6 Å². The number of hydrogen-bond acceptors (Lipinski definition) is 5. The second-order valence-electron chi connectivity index (χ2n) is 3.25. The number of primary amides is 2. The van der Waals surface area contributed by atoms with Crippen LogP contribution in [0, 0.1) is 0 Å². The molecule has 0 bridgehead atoms. The van der Waals surface area contributed by atoms with Crippen molar-refractivity contribution in [3.05, 3.63) is 17.8 Å². The summed E-state index contributed by atoms with van der Waals surface area (Å²) in [4.78, 5) is 25.5. The Kier molecular flexibility index (Phi) is 4.09. The van der Waals surface area contributed by atoms with Gasteiger partial charge in [-0.3, -0.25) is 4.79 Å². The molecule has 1 heterocycles. The maximum absolute atomic E-state index is 11.1. The minimum absolute atomic E-state index is 0.198. The standard InChI is InChI=1S/C9H14N6O2/c10-5-3-6(7(11)16)8(15-4-5)13-1-2-14-9(12)17/h3-4H,1-2,10H2,(H2,11,16)(H,13,15)(H3,12,14,17). The van der Waals surface area contributed by atoms with Crippen molar-refractivity contribution in [1.82, 2.24) is 10.3 Å². The van der Waals surface area contributed by atoms with E-state index in [1.807, 2.05) is 0 Å². The molecule has 8 heteroatoms. The molecule has 0 spiro atoms. The van der Waals surface area contributed by atoms with Crippen LogP contribution in [-0.4, -0.2) is 30.0 Å². The Morgan fingerprint density at radius 1 is 1.29 bits per heavy atom. The third-order valence-corrected chi connectivity index (χ3v) is 1.89. The predicted octanol–water partition coefficient (Wildman–Crippen LogP) is -1.16. The molecule has 0 radical (unpaired) electrons. The van der Waals surface area contributed by atoms with E-state index in [0.29, 0.717) is 24.6 Å². The maximum atomic E-state index is 11.1. The number of aromatic nitrogens is 1. The molecule has 8 nitrogen and oxygen atoms in total. The number of carbonyl (C=O) groups is 2. The van der Waals surface area contributed by atoms with Gasteiger partial charge in [-0.2, -0.15) is 0 Å². The first kappa shape index (κ1) is 12.6. The number of nitrogens with one attached hydrogen (secondary N) is 2. The zero-order valence-corrected chi connectivity index (χ0v) is 9.06. The highest BCUT2D eigenvalue weighted by Gasteiger charge is 2.09. The molecule has 1 rings (SSSR count). The first-order chi connectivity index (χ1) is 8.00. The lowest BCUT2D eigenvalue weighted by Gasteiger charge is -2.09. The van der Waals surface area contributed by atoms with E-state index < -0.39 is 11.9 Å². The number of nitrogen functional groups attached to an aromatic ring is 1. The normalized spacial score (nSPS) is 9.65. The van der Waals surface area contributed by atoms with Crippen LogP contribution in [0.4, 0.5) is 16.3 Å². The fraction of sp³-hybridized carbons (Fsp3) is 0.222. The number of hydrogen-bond donors (Lipinski definition) is 5. The predicted molar refractivity (Wildman–Crippen MR) is 63.2 cm³/mol. The molecule has 0 atom stereocenters. The van der Waals surface area contributed by atoms with Crippen molar-refractivity contribution in [2.45, 2.75) is 0 Å². The smallest absolute Gasteiger partial charge is 0.312 e. The lowest BCUT2D eigenvalue weighted by Crippen LogP contribution is -2.33. The fourth-order valence-electron chi connectivity index (χ4n) is 1.18. The van der Waals surface area contributed by atoms with Gasteiger partial charge >= 0.3 is 6.03 Å². The molecule has 0 aliphatic rings. The van der Waals surface area contributed by atoms with Crippen molar-refractivity contribution in [3.8, 4) is 0 Å². The molecule has 1 aromatic heterocycles. The van der Waals surface area contributed by atoms with Crippen LogP contribution >= 0.6 is 0 Å². The first-order valence-electron chi connectivity index (χ1n) is 4.83. The van der Waals surface area contributed by atoms with Gasteiger partial charge < -0.3 is 27.8 Å². The van der Waals surface area contributed by atoms with E-state index in [4.69, 9.17) is 17.2 Å². The zero-order chi connectivity index (χ0) is 12.8. The Bertz CT molecular complexity index is 433. The average molecular weight is 238 g/mol. The van der Waals surface area contributed by atoms with E-state index in [0.717, 1.165) is 0 Å². The molecule has 0 saturated heterocycles. The minimum Gasteiger partial charge on any atom is -0.397 e. The molecule has 0 unspecified atom stereocenters. The van der Waals surface area contributed by atoms with Crippen LogP contribution in [0.5, 0.6) is 0 Å². The molecule has 0 aromatic carbocycles. The fourth-order valence-corrected chi connectivity index (χ4v) is 1.18. The summed E-state index contributed by atoms with van der Waals surface area (Å²) in [6.45, 7) is 0.666. The van der Waals surface area contributed by atoms with Gasteiger partial charge in [-0.25, -0.2) is 9.78 Å². The number of carbonyl (C=O) groups excluding carboxylic acids is 2. The Morgan fingerprint density at radius 2 is 2.00 bits per heavy atom. The largest absolute Gasteiger partial charge is 0.397 e. The summed E-state index contributed by atoms with van der Waals surface area (Å²) in [5.41, 5.74) is 16.1. The number of amides is 3. The van der Waals surface area contributed by atoms with E-state index in [9.17, 15) is 9.59 Å². The van der Waals surface area contributed by atoms with E-state index in [1.165, 1.54) is 12.3 Å². The van der Waals surface area contributed by atoms with Crippen LogP contribution in [0.1, 0.15) is 10.4 Å². The van der Waals surface area contributed by atoms with Gasteiger partial charge in [0.05, 0.1) is 17.4 Å². The summed E-state index contributed by atoms with van der Waals surface area (Å²) in [6.07, 6.45) is 1.40. The number of urea groups is 1. The molecule has 92 valence electrons. The Hall–Kier alpha value is -2.51. The minimum atomic E-state index is -0.629. The summed E-state index contributed by atoms with van der Waals surface area (Å²) < 4.78 is 0. The molecular weight excluding hydrogens is 224 g/mol. The van der Waals surface area contributed by atoms with Gasteiger partial charge in [-0.15, -0.1) is 0 Å². The number of pyridine rings is 1. The van der Waals surface area contributed by atoms with Crippen LogP contribution in [0.15, 0.2) is 12.3 Å². The van der Waals surface area contributed by atoms with E-state index >= 15 is 0 Å². The monoisotopic (exact) mass is 238 g/mol. The second kappa shape index (κ2) is 5.54. The van der Waals surface area contributed by atoms with Crippen molar-refractivity contribution >= 4 is 23.4 Å². The quantitative estimate of drug-likeness (QED) is 0.410. The molecule has 0 aliphatic heterocycles. The van der Waals surface area contributed by atoms with Gasteiger partial charge in [-0.1, -0.05) is 0 Å². The van der Waals surface area contributed by atoms with Crippen LogP contribution in [0.2, 0.25) is 0 Å². The van der Waals surface area contributed by atoms with Gasteiger partial charge in [0.25, 0.3) is 5.91 Å². The lowest BCUT2D eigenvalue weighted by atomic mass is 10.2. The van der Waals surface area contributed by atoms with Crippen molar-refractivity contribution in [1.29, 1.82) is 0 Å². The summed E-state index contributed by atoms with van der Waals surface area (Å²) in [5.74, 6) is -0.312. The van der Waals surface area contributed by atoms with Crippen molar-refractivity contribution in [2.24, 2.45) is 11.5 Å². The molecule has 0 aliphatic carbocycles. The second-order valence-corrected chi connectivity index (χ2v) is 3.25. The number of nitrogens with zero attached hydrogens (tertiary/aromatic N) is 1. The molecule has 1 aromatic rings. The summed E-state index contributed by atoms with van der Waals surface area (Å²) in [5, 5.41) is 5.22. The Morgan fingerprint density at radius 3 is 2.59 bits per heavy atom. The number of rotatable bonds is 5. The van der Waals surface area contributed by atoms with E-state index in [1.54, 1.807) is 0 Å². The number of nitrogens with two attached hydrogens (primary N) is 3. The molecule has 0 fully saturated rings. The van der Waals surface area contributed by atoms with Gasteiger partial charge in [0.15, 0.2) is 0 Å². The van der Waals surface area contributed by atoms with Crippen LogP contribution in [-0.2, 0) is 0 Å². The molecule has 17 heavy (non-hydrogen) atoms. The highest BCUT2D eigenvalue weighted by Crippen LogP contribution is 2.14. The maximum Gasteiger partial charge on any atom is 0.312 e. The first-order valence-corrected chi connectivity index (χ1v) is 4.83. The topological polar surface area (TPSA) is 149 Å². The van der Waals surface area contributed by atoms with E-state index in [-0.39, 0.29) is 5.56 Å². The van der Waals surface area contributed by atoms with Crippen molar-refractivity contribution in [3.63, 3.8) is 0 Å². The molecule has 0 saturated carbocycles. The van der Waals surface area contributed by atoms with Gasteiger partial charge in [-0.05, 0) is 6.07 Å². The Labute approximate surface area is 97.6 Å². The zero-order valence-electron chi connectivity index (χ0n) is 9.06. The summed E-state index contributed by atoms with van der Waals surface area (Å²) in [7, 11) is 0. The van der Waals surface area contributed by atoms with Crippen LogP contribution in [0.3, 0.4) is 0 Å². The van der Waals surface area contributed by atoms with Gasteiger partial charge in [0, 0.05) is 13.1 Å². The van der Waals surface area contributed by atoms with Crippen LogP contribution in [0.25, 0.3) is 0 Å². The number of anilines is 2. The third kappa shape index (κ3) is 3.86. The van der Waals surface area contributed by atoms with Gasteiger partial charge in [0.2, 0.25) is 0 Å². The van der Waals surface area contributed by atoms with Crippen LogP contribution < -0.4 is 27.8 Å². The lowest BCUT2D eigenvalue weighted by molar-refractivity contribution is 0.100. The highest BCUT2D eigenvalue weighted by molar-refractivity contribution is 5.98. The highest BCUT2D eigenvalue weighted by atomic mass is 16.2. The van der Waals surface area contributed by atoms with Crippen molar-refractivity contribution < 1.29 is 9.59 Å². The summed E-state index contributed by atoms with van der Waals surface area (Å²) in [6, 6.07) is 0.811. The average Bonchev–Trinajstić information content (AvgIpc) is 2.25. The molecule has 8 N–H and O–H groups in total. The molecular formula is C9H14N6O2. The third-order valence-electron chi connectivity index (χ3n) is 1.89. The SMILES string of the molecule is NC(=O)NCCNc1ncc(N)cc1C(N)=O.